The zero-order chi connectivity index (χ0) is 14.9. The van der Waals surface area contributed by atoms with Gasteiger partial charge in [0.05, 0.1) is 7.11 Å². The molecule has 2 amide bonds. The predicted molar refractivity (Wildman–Crippen MR) is 76.8 cm³/mol. The van der Waals surface area contributed by atoms with Crippen LogP contribution in [0.1, 0.15) is 50.7 Å². The first-order valence-electron chi connectivity index (χ1n) is 6.87. The van der Waals surface area contributed by atoms with E-state index in [0.29, 0.717) is 18.8 Å². The van der Waals surface area contributed by atoms with Crippen molar-refractivity contribution in [3.8, 4) is 5.75 Å². The van der Waals surface area contributed by atoms with Crippen LogP contribution in [0, 0.1) is 0 Å². The van der Waals surface area contributed by atoms with Crippen molar-refractivity contribution in [1.82, 2.24) is 5.32 Å². The number of ether oxygens (including phenoxy) is 1. The van der Waals surface area contributed by atoms with Crippen molar-refractivity contribution in [2.75, 3.05) is 7.11 Å². The van der Waals surface area contributed by atoms with Crippen LogP contribution in [0.15, 0.2) is 18.2 Å². The number of methoxy groups -OCH3 is 1. The van der Waals surface area contributed by atoms with E-state index in [1.54, 1.807) is 7.11 Å². The monoisotopic (exact) mass is 275 g/mol. The number of imide groups is 1. The molecule has 0 radical (unpaired) electrons. The van der Waals surface area contributed by atoms with Crippen molar-refractivity contribution in [2.45, 2.75) is 44.9 Å². The Hall–Kier alpha value is -1.84. The lowest BCUT2D eigenvalue weighted by atomic mass is 9.73. The molecule has 0 atom stereocenters. The molecule has 0 unspecified atom stereocenters. The van der Waals surface area contributed by atoms with Gasteiger partial charge in [0.25, 0.3) is 0 Å². The third kappa shape index (κ3) is 2.69. The van der Waals surface area contributed by atoms with Crippen LogP contribution in [0.4, 0.5) is 0 Å². The summed E-state index contributed by atoms with van der Waals surface area (Å²) >= 11 is 0. The Labute approximate surface area is 119 Å². The quantitative estimate of drug-likeness (QED) is 0.862. The average molecular weight is 275 g/mol. The van der Waals surface area contributed by atoms with Gasteiger partial charge in [-0.15, -0.1) is 0 Å². The zero-order valence-electron chi connectivity index (χ0n) is 12.4. The van der Waals surface area contributed by atoms with Gasteiger partial charge in [0.2, 0.25) is 11.8 Å². The average Bonchev–Trinajstić information content (AvgIpc) is 2.36. The molecule has 108 valence electrons. The van der Waals surface area contributed by atoms with Gasteiger partial charge in [0, 0.05) is 18.3 Å². The van der Waals surface area contributed by atoms with Crippen molar-refractivity contribution in [3.05, 3.63) is 29.3 Å². The van der Waals surface area contributed by atoms with E-state index in [0.717, 1.165) is 16.9 Å². The number of carbonyl (C=O) groups is 2. The number of carbonyl (C=O) groups excluding carboxylic acids is 2. The molecule has 0 aromatic heterocycles. The molecule has 4 heteroatoms. The second-order valence-electron chi connectivity index (χ2n) is 6.00. The fourth-order valence-corrected chi connectivity index (χ4v) is 2.78. The summed E-state index contributed by atoms with van der Waals surface area (Å²) < 4.78 is 5.38. The van der Waals surface area contributed by atoms with E-state index in [2.05, 4.69) is 25.2 Å². The van der Waals surface area contributed by atoms with E-state index in [1.807, 2.05) is 19.1 Å². The third-order valence-corrected chi connectivity index (χ3v) is 3.93. The summed E-state index contributed by atoms with van der Waals surface area (Å²) in [6.07, 6.45) is 0.672. The number of amides is 2. The lowest BCUT2D eigenvalue weighted by Crippen LogP contribution is -2.45. The first-order valence-corrected chi connectivity index (χ1v) is 6.87. The summed E-state index contributed by atoms with van der Waals surface area (Å²) in [7, 11) is 1.65. The predicted octanol–water partition coefficient (Wildman–Crippen LogP) is 2.51. The Kier molecular flexibility index (Phi) is 3.84. The van der Waals surface area contributed by atoms with Gasteiger partial charge < -0.3 is 4.74 Å². The van der Waals surface area contributed by atoms with Crippen LogP contribution in [0.3, 0.4) is 0 Å². The topological polar surface area (TPSA) is 55.4 Å². The normalized spacial score (nSPS) is 18.1. The van der Waals surface area contributed by atoms with Crippen molar-refractivity contribution in [3.63, 3.8) is 0 Å². The molecule has 0 saturated carbocycles. The smallest absolute Gasteiger partial charge is 0.227 e. The molecule has 1 N–H and O–H groups in total. The Balaban J connectivity index is 2.44. The first kappa shape index (κ1) is 14.6. The summed E-state index contributed by atoms with van der Waals surface area (Å²) in [6.45, 7) is 6.17. The maximum atomic E-state index is 11.6. The van der Waals surface area contributed by atoms with Crippen LogP contribution < -0.4 is 10.1 Å². The van der Waals surface area contributed by atoms with Gasteiger partial charge >= 0.3 is 0 Å². The van der Waals surface area contributed by atoms with Crippen molar-refractivity contribution in [2.24, 2.45) is 0 Å². The largest absolute Gasteiger partial charge is 0.496 e. The van der Waals surface area contributed by atoms with Gasteiger partial charge in [-0.2, -0.15) is 0 Å². The molecular formula is C16H21NO3. The maximum absolute atomic E-state index is 11.6. The number of piperidine rings is 1. The number of hydrogen-bond donors (Lipinski definition) is 1. The highest BCUT2D eigenvalue weighted by Crippen LogP contribution is 2.37. The molecular weight excluding hydrogens is 254 g/mol. The second-order valence-corrected chi connectivity index (χ2v) is 6.00. The zero-order valence-corrected chi connectivity index (χ0v) is 12.4. The summed E-state index contributed by atoms with van der Waals surface area (Å²) in [5, 5.41) is 2.36. The molecule has 20 heavy (non-hydrogen) atoms. The number of nitrogens with one attached hydrogen (secondary N) is 1. The van der Waals surface area contributed by atoms with Crippen LogP contribution in [0.5, 0.6) is 5.75 Å². The highest BCUT2D eigenvalue weighted by Gasteiger charge is 2.37. The van der Waals surface area contributed by atoms with Gasteiger partial charge in [-0.05, 0) is 23.1 Å². The van der Waals surface area contributed by atoms with E-state index >= 15 is 0 Å². The van der Waals surface area contributed by atoms with E-state index in [9.17, 15) is 9.59 Å². The van der Waals surface area contributed by atoms with E-state index in [-0.39, 0.29) is 11.8 Å². The standard InChI is InChI=1S/C16H21NO3/c1-10(2)12-7-11(5-6-13(12)20-4)16(3)8-14(18)17-15(19)9-16/h5-7,10H,8-9H2,1-4H3,(H,17,18,19). The molecule has 4 nitrogen and oxygen atoms in total. The van der Waals surface area contributed by atoms with Crippen LogP contribution >= 0.6 is 0 Å². The second kappa shape index (κ2) is 5.27. The molecule has 0 spiro atoms. The van der Waals surface area contributed by atoms with Gasteiger partial charge in [0.1, 0.15) is 5.75 Å². The van der Waals surface area contributed by atoms with E-state index in [4.69, 9.17) is 4.74 Å². The summed E-state index contributed by atoms with van der Waals surface area (Å²) in [6, 6.07) is 5.94. The van der Waals surface area contributed by atoms with E-state index < -0.39 is 5.41 Å². The van der Waals surface area contributed by atoms with Crippen molar-refractivity contribution < 1.29 is 14.3 Å². The van der Waals surface area contributed by atoms with Gasteiger partial charge in [0.15, 0.2) is 0 Å². The summed E-state index contributed by atoms with van der Waals surface area (Å²) in [4.78, 5) is 23.3. The number of benzene rings is 1. The Morgan fingerprint density at radius 3 is 2.30 bits per heavy atom. The fraction of sp³-hybridized carbons (Fsp3) is 0.500. The number of rotatable bonds is 3. The molecule has 0 aliphatic carbocycles. The van der Waals surface area contributed by atoms with Crippen LogP contribution in [-0.2, 0) is 15.0 Å². The summed E-state index contributed by atoms with van der Waals surface area (Å²) in [5.41, 5.74) is 1.69. The maximum Gasteiger partial charge on any atom is 0.227 e. The van der Waals surface area contributed by atoms with Crippen molar-refractivity contribution >= 4 is 11.8 Å². The lowest BCUT2D eigenvalue weighted by molar-refractivity contribution is -0.135. The Bertz CT molecular complexity index is 533. The fourth-order valence-electron chi connectivity index (χ4n) is 2.78. The first-order chi connectivity index (χ1) is 9.35. The molecule has 1 fully saturated rings. The Morgan fingerprint density at radius 1 is 1.20 bits per heavy atom. The third-order valence-electron chi connectivity index (χ3n) is 3.93. The minimum Gasteiger partial charge on any atom is -0.496 e. The summed E-state index contributed by atoms with van der Waals surface area (Å²) in [5.74, 6) is 0.761. The van der Waals surface area contributed by atoms with Crippen molar-refractivity contribution in [1.29, 1.82) is 0 Å². The van der Waals surface area contributed by atoms with Crippen LogP contribution in [-0.4, -0.2) is 18.9 Å². The minimum atomic E-state index is -0.435. The lowest BCUT2D eigenvalue weighted by Gasteiger charge is -2.33. The number of hydrogen-bond acceptors (Lipinski definition) is 3. The van der Waals surface area contributed by atoms with Gasteiger partial charge in [-0.1, -0.05) is 32.9 Å². The highest BCUT2D eigenvalue weighted by atomic mass is 16.5. The minimum absolute atomic E-state index is 0.203. The molecule has 1 aliphatic rings. The molecule has 1 heterocycles. The molecule has 2 rings (SSSR count). The van der Waals surface area contributed by atoms with Crippen LogP contribution in [0.2, 0.25) is 0 Å². The van der Waals surface area contributed by atoms with Crippen LogP contribution in [0.25, 0.3) is 0 Å². The molecule has 1 saturated heterocycles. The molecule has 1 aromatic carbocycles. The Morgan fingerprint density at radius 2 is 1.80 bits per heavy atom. The molecule has 1 aliphatic heterocycles. The van der Waals surface area contributed by atoms with Gasteiger partial charge in [-0.3, -0.25) is 14.9 Å². The molecule has 1 aromatic rings. The molecule has 0 bridgehead atoms. The highest BCUT2D eigenvalue weighted by molar-refractivity contribution is 5.99. The van der Waals surface area contributed by atoms with Gasteiger partial charge in [-0.25, -0.2) is 0 Å². The SMILES string of the molecule is COc1ccc(C2(C)CC(=O)NC(=O)C2)cc1C(C)C. The van der Waals surface area contributed by atoms with E-state index in [1.165, 1.54) is 0 Å².